The smallest absolute Gasteiger partial charge is 0.269 e. The molecule has 9 nitrogen and oxygen atoms in total. The van der Waals surface area contributed by atoms with Crippen molar-refractivity contribution in [1.29, 1.82) is 0 Å². The highest BCUT2D eigenvalue weighted by molar-refractivity contribution is 5.93. The Balaban J connectivity index is 1.80. The molecule has 0 aliphatic heterocycles. The topological polar surface area (TPSA) is 94.4 Å². The van der Waals surface area contributed by atoms with E-state index in [-0.39, 0.29) is 12.5 Å². The number of benzene rings is 1. The van der Waals surface area contributed by atoms with Crippen LogP contribution in [0, 0.1) is 0 Å². The number of rotatable bonds is 7. The van der Waals surface area contributed by atoms with Crippen LogP contribution in [0.25, 0.3) is 11.3 Å². The van der Waals surface area contributed by atoms with E-state index in [9.17, 15) is 4.79 Å². The van der Waals surface area contributed by atoms with Crippen LogP contribution in [0.1, 0.15) is 16.2 Å². The van der Waals surface area contributed by atoms with Gasteiger partial charge in [0.05, 0.1) is 32.2 Å². The van der Waals surface area contributed by atoms with Crippen LogP contribution < -0.4 is 19.7 Å². The molecule has 9 heteroatoms. The lowest BCUT2D eigenvalue weighted by Gasteiger charge is -2.11. The highest BCUT2D eigenvalue weighted by atomic mass is 16.5. The summed E-state index contributed by atoms with van der Waals surface area (Å²) in [5.41, 5.74) is 2.50. The summed E-state index contributed by atoms with van der Waals surface area (Å²) in [5, 5.41) is 7.34. The number of nitrogens with zero attached hydrogens (tertiary/aromatic N) is 5. The molecule has 0 atom stereocenters. The van der Waals surface area contributed by atoms with E-state index >= 15 is 0 Å². The van der Waals surface area contributed by atoms with E-state index in [2.05, 4.69) is 20.4 Å². The minimum Gasteiger partial charge on any atom is -0.497 e. The minimum atomic E-state index is -0.252. The number of aromatic nitrogens is 4. The molecule has 29 heavy (non-hydrogen) atoms. The summed E-state index contributed by atoms with van der Waals surface area (Å²) in [6.45, 7) is 0.283. The van der Waals surface area contributed by atoms with Gasteiger partial charge in [-0.05, 0) is 30.3 Å². The van der Waals surface area contributed by atoms with Crippen LogP contribution in [-0.2, 0) is 13.6 Å². The zero-order valence-electron chi connectivity index (χ0n) is 17.1. The van der Waals surface area contributed by atoms with Crippen molar-refractivity contribution >= 4 is 11.9 Å². The number of nitrogens with one attached hydrogen (secondary N) is 1. The predicted molar refractivity (Wildman–Crippen MR) is 109 cm³/mol. The molecule has 0 fully saturated rings. The van der Waals surface area contributed by atoms with Crippen LogP contribution in [0.4, 0.5) is 5.95 Å². The van der Waals surface area contributed by atoms with Crippen molar-refractivity contribution in [2.45, 2.75) is 6.54 Å². The molecule has 0 saturated heterocycles. The van der Waals surface area contributed by atoms with Gasteiger partial charge in [-0.15, -0.1) is 0 Å². The molecule has 0 radical (unpaired) electrons. The Morgan fingerprint density at radius 3 is 2.66 bits per heavy atom. The maximum Gasteiger partial charge on any atom is 0.269 e. The molecule has 0 spiro atoms. The van der Waals surface area contributed by atoms with Gasteiger partial charge in [-0.2, -0.15) is 5.10 Å². The van der Waals surface area contributed by atoms with Gasteiger partial charge in [0.1, 0.15) is 17.2 Å². The van der Waals surface area contributed by atoms with E-state index < -0.39 is 0 Å². The first kappa shape index (κ1) is 20.1. The standard InChI is InChI=1S/C20H24N6O3/c1-25(2)20-21-9-8-13(23-20)12-22-19(27)17-11-16(24-26(17)3)15-10-14(28-4)6-7-18(15)29-5/h6-11H,12H2,1-5H3,(H,22,27). The molecule has 152 valence electrons. The second kappa shape index (κ2) is 8.59. The Hall–Kier alpha value is -3.62. The largest absolute Gasteiger partial charge is 0.497 e. The number of methoxy groups -OCH3 is 2. The number of amides is 1. The quantitative estimate of drug-likeness (QED) is 0.652. The molecule has 3 aromatic rings. The van der Waals surface area contributed by atoms with Gasteiger partial charge < -0.3 is 19.7 Å². The average molecular weight is 396 g/mol. The second-order valence-corrected chi connectivity index (χ2v) is 6.53. The zero-order chi connectivity index (χ0) is 21.0. The maximum atomic E-state index is 12.7. The van der Waals surface area contributed by atoms with E-state index in [1.807, 2.05) is 26.2 Å². The molecule has 2 heterocycles. The average Bonchev–Trinajstić information content (AvgIpc) is 3.13. The summed E-state index contributed by atoms with van der Waals surface area (Å²) >= 11 is 0. The molecule has 0 bridgehead atoms. The van der Waals surface area contributed by atoms with Crippen molar-refractivity contribution < 1.29 is 14.3 Å². The van der Waals surface area contributed by atoms with Crippen LogP contribution >= 0.6 is 0 Å². The summed E-state index contributed by atoms with van der Waals surface area (Å²) in [5.74, 6) is 1.66. The summed E-state index contributed by atoms with van der Waals surface area (Å²) in [6, 6.07) is 8.93. The van der Waals surface area contributed by atoms with Crippen LogP contribution in [0.15, 0.2) is 36.5 Å². The Morgan fingerprint density at radius 2 is 1.97 bits per heavy atom. The Kier molecular flexibility index (Phi) is 5.96. The number of carbonyl (C=O) groups is 1. The number of aryl methyl sites for hydroxylation is 1. The Morgan fingerprint density at radius 1 is 1.17 bits per heavy atom. The molecule has 0 aliphatic carbocycles. The van der Waals surface area contributed by atoms with Gasteiger partial charge in [0.2, 0.25) is 5.95 Å². The summed E-state index contributed by atoms with van der Waals surface area (Å²) in [6.07, 6.45) is 1.67. The van der Waals surface area contributed by atoms with Crippen molar-refractivity contribution in [2.75, 3.05) is 33.2 Å². The monoisotopic (exact) mass is 396 g/mol. The fourth-order valence-electron chi connectivity index (χ4n) is 2.79. The maximum absolute atomic E-state index is 12.7. The van der Waals surface area contributed by atoms with Gasteiger partial charge in [0, 0.05) is 32.9 Å². The van der Waals surface area contributed by atoms with E-state index in [0.717, 1.165) is 5.56 Å². The van der Waals surface area contributed by atoms with Crippen LogP contribution in [0.2, 0.25) is 0 Å². The number of ether oxygens (including phenoxy) is 2. The predicted octanol–water partition coefficient (Wildman–Crippen LogP) is 1.89. The molecular weight excluding hydrogens is 372 g/mol. The summed E-state index contributed by atoms with van der Waals surface area (Å²) in [7, 11) is 8.63. The third kappa shape index (κ3) is 4.45. The summed E-state index contributed by atoms with van der Waals surface area (Å²) < 4.78 is 12.2. The molecule has 3 rings (SSSR count). The number of carbonyl (C=O) groups excluding carboxylic acids is 1. The Labute approximate surface area is 169 Å². The zero-order valence-corrected chi connectivity index (χ0v) is 17.1. The lowest BCUT2D eigenvalue weighted by Crippen LogP contribution is -2.26. The van der Waals surface area contributed by atoms with Crippen LogP contribution in [0.5, 0.6) is 11.5 Å². The minimum absolute atomic E-state index is 0.252. The lowest BCUT2D eigenvalue weighted by atomic mass is 10.1. The summed E-state index contributed by atoms with van der Waals surface area (Å²) in [4.78, 5) is 23.1. The number of hydrogen-bond acceptors (Lipinski definition) is 7. The second-order valence-electron chi connectivity index (χ2n) is 6.53. The third-order valence-corrected chi connectivity index (χ3v) is 4.33. The van der Waals surface area contributed by atoms with E-state index in [1.165, 1.54) is 4.68 Å². The van der Waals surface area contributed by atoms with Crippen molar-refractivity contribution in [3.8, 4) is 22.8 Å². The number of anilines is 1. The first-order valence-corrected chi connectivity index (χ1v) is 8.96. The molecule has 1 amide bonds. The SMILES string of the molecule is COc1ccc(OC)c(-c2cc(C(=O)NCc3ccnc(N(C)C)n3)n(C)n2)c1. The van der Waals surface area contributed by atoms with Crippen LogP contribution in [0.3, 0.4) is 0 Å². The normalized spacial score (nSPS) is 10.5. The van der Waals surface area contributed by atoms with Gasteiger partial charge in [-0.3, -0.25) is 9.48 Å². The molecule has 1 N–H and O–H groups in total. The van der Waals surface area contributed by atoms with E-state index in [1.54, 1.807) is 50.6 Å². The molecular formula is C20H24N6O3. The van der Waals surface area contributed by atoms with Gasteiger partial charge in [0.15, 0.2) is 0 Å². The van der Waals surface area contributed by atoms with Gasteiger partial charge in [-0.1, -0.05) is 0 Å². The fraction of sp³-hybridized carbons (Fsp3) is 0.300. The lowest BCUT2D eigenvalue weighted by molar-refractivity contribution is 0.0941. The molecule has 0 aliphatic rings. The van der Waals surface area contributed by atoms with Crippen molar-refractivity contribution in [2.24, 2.45) is 7.05 Å². The van der Waals surface area contributed by atoms with E-state index in [0.29, 0.717) is 34.5 Å². The Bertz CT molecular complexity index is 1020. The first-order valence-electron chi connectivity index (χ1n) is 8.96. The fourth-order valence-corrected chi connectivity index (χ4v) is 2.79. The molecule has 2 aromatic heterocycles. The van der Waals surface area contributed by atoms with E-state index in [4.69, 9.17) is 9.47 Å². The van der Waals surface area contributed by atoms with Gasteiger partial charge in [0.25, 0.3) is 5.91 Å². The highest BCUT2D eigenvalue weighted by Crippen LogP contribution is 2.32. The first-order chi connectivity index (χ1) is 13.9. The van der Waals surface area contributed by atoms with Gasteiger partial charge >= 0.3 is 0 Å². The van der Waals surface area contributed by atoms with Gasteiger partial charge in [-0.25, -0.2) is 9.97 Å². The third-order valence-electron chi connectivity index (χ3n) is 4.33. The van der Waals surface area contributed by atoms with Crippen molar-refractivity contribution in [1.82, 2.24) is 25.1 Å². The van der Waals surface area contributed by atoms with Crippen molar-refractivity contribution in [3.63, 3.8) is 0 Å². The van der Waals surface area contributed by atoms with Crippen molar-refractivity contribution in [3.05, 3.63) is 47.9 Å². The number of hydrogen-bond donors (Lipinski definition) is 1. The molecule has 0 unspecified atom stereocenters. The molecule has 0 saturated carbocycles. The van der Waals surface area contributed by atoms with Crippen LogP contribution in [-0.4, -0.2) is 54.0 Å². The molecule has 1 aromatic carbocycles. The highest BCUT2D eigenvalue weighted by Gasteiger charge is 2.17.